The van der Waals surface area contributed by atoms with Crippen LogP contribution in [0.3, 0.4) is 0 Å². The average molecular weight is 359 g/mol. The number of ether oxygens (including phenoxy) is 5. The highest BCUT2D eigenvalue weighted by Crippen LogP contribution is 2.43. The molecule has 1 N–H and O–H groups in total. The van der Waals surface area contributed by atoms with E-state index < -0.39 is 0 Å². The van der Waals surface area contributed by atoms with Crippen LogP contribution >= 0.6 is 0 Å². The van der Waals surface area contributed by atoms with Gasteiger partial charge in [0.25, 0.3) is 0 Å². The van der Waals surface area contributed by atoms with E-state index in [-0.39, 0.29) is 6.04 Å². The average Bonchev–Trinajstić information content (AvgIpc) is 2.70. The monoisotopic (exact) mass is 359 g/mol. The largest absolute Gasteiger partial charge is 0.493 e. The van der Waals surface area contributed by atoms with E-state index in [1.54, 1.807) is 35.5 Å². The second-order valence-electron chi connectivity index (χ2n) is 6.00. The minimum Gasteiger partial charge on any atom is -0.493 e. The molecular formula is C20H25NO5. The van der Waals surface area contributed by atoms with E-state index >= 15 is 0 Å². The number of methoxy groups -OCH3 is 5. The third kappa shape index (κ3) is 3.12. The Morgan fingerprint density at radius 3 is 1.85 bits per heavy atom. The molecule has 0 fully saturated rings. The van der Waals surface area contributed by atoms with Crippen molar-refractivity contribution in [2.75, 3.05) is 42.1 Å². The fourth-order valence-electron chi connectivity index (χ4n) is 3.45. The van der Waals surface area contributed by atoms with Gasteiger partial charge in [0.05, 0.1) is 41.6 Å². The summed E-state index contributed by atoms with van der Waals surface area (Å²) in [7, 11) is 8.15. The molecule has 0 saturated carbocycles. The lowest BCUT2D eigenvalue weighted by Gasteiger charge is -2.29. The minimum atomic E-state index is -0.00716. The Hall–Kier alpha value is -2.60. The first-order chi connectivity index (χ1) is 12.7. The number of nitrogens with one attached hydrogen (secondary N) is 1. The van der Waals surface area contributed by atoms with Gasteiger partial charge in [0.15, 0.2) is 23.0 Å². The maximum absolute atomic E-state index is 5.50. The SMILES string of the molecule is COc1cc2c(cc1OC)[C@@H](c1cc(OC)c(OC)c(OC)c1)NCC2. The molecule has 140 valence electrons. The van der Waals surface area contributed by atoms with E-state index in [1.165, 1.54) is 5.56 Å². The van der Waals surface area contributed by atoms with Crippen LogP contribution in [0.25, 0.3) is 0 Å². The van der Waals surface area contributed by atoms with Crippen LogP contribution in [-0.2, 0) is 6.42 Å². The Bertz CT molecular complexity index is 765. The molecule has 0 saturated heterocycles. The quantitative estimate of drug-likeness (QED) is 0.856. The molecule has 0 bridgehead atoms. The molecule has 26 heavy (non-hydrogen) atoms. The van der Waals surface area contributed by atoms with E-state index in [0.29, 0.717) is 23.0 Å². The molecule has 1 atom stereocenters. The molecule has 1 aliphatic rings. The van der Waals surface area contributed by atoms with Crippen molar-refractivity contribution in [1.82, 2.24) is 5.32 Å². The van der Waals surface area contributed by atoms with Crippen molar-refractivity contribution in [2.24, 2.45) is 0 Å². The topological polar surface area (TPSA) is 58.2 Å². The molecule has 0 aliphatic carbocycles. The Labute approximate surface area is 154 Å². The summed E-state index contributed by atoms with van der Waals surface area (Å²) in [5.74, 6) is 3.32. The van der Waals surface area contributed by atoms with Gasteiger partial charge in [-0.25, -0.2) is 0 Å². The molecule has 3 rings (SSSR count). The van der Waals surface area contributed by atoms with E-state index in [4.69, 9.17) is 23.7 Å². The summed E-state index contributed by atoms with van der Waals surface area (Å²) in [4.78, 5) is 0. The lowest BCUT2D eigenvalue weighted by molar-refractivity contribution is 0.323. The van der Waals surface area contributed by atoms with E-state index in [1.807, 2.05) is 18.2 Å². The molecule has 0 spiro atoms. The molecule has 0 amide bonds. The van der Waals surface area contributed by atoms with Crippen molar-refractivity contribution in [3.63, 3.8) is 0 Å². The number of benzene rings is 2. The molecule has 6 heteroatoms. The number of hydrogen-bond acceptors (Lipinski definition) is 6. The predicted molar refractivity (Wildman–Crippen MR) is 99.2 cm³/mol. The van der Waals surface area contributed by atoms with E-state index in [0.717, 1.165) is 29.8 Å². The second kappa shape index (κ2) is 7.74. The minimum absolute atomic E-state index is 0.00716. The Morgan fingerprint density at radius 1 is 0.731 bits per heavy atom. The Kier molecular flexibility index (Phi) is 5.42. The van der Waals surface area contributed by atoms with Crippen molar-refractivity contribution in [1.29, 1.82) is 0 Å². The second-order valence-corrected chi connectivity index (χ2v) is 6.00. The van der Waals surface area contributed by atoms with Crippen LogP contribution in [0.5, 0.6) is 28.7 Å². The maximum Gasteiger partial charge on any atom is 0.203 e. The number of hydrogen-bond donors (Lipinski definition) is 1. The lowest BCUT2D eigenvalue weighted by Crippen LogP contribution is -2.30. The Balaban J connectivity index is 2.12. The van der Waals surface area contributed by atoms with E-state index in [9.17, 15) is 0 Å². The van der Waals surface area contributed by atoms with Crippen molar-refractivity contribution >= 4 is 0 Å². The fraction of sp³-hybridized carbons (Fsp3) is 0.400. The van der Waals surface area contributed by atoms with Gasteiger partial charge in [-0.2, -0.15) is 0 Å². The van der Waals surface area contributed by atoms with Crippen LogP contribution in [0.4, 0.5) is 0 Å². The van der Waals surface area contributed by atoms with Gasteiger partial charge in [0.2, 0.25) is 5.75 Å². The molecule has 0 aromatic heterocycles. The Morgan fingerprint density at radius 2 is 1.31 bits per heavy atom. The van der Waals surface area contributed by atoms with Crippen LogP contribution in [0.15, 0.2) is 24.3 Å². The van der Waals surface area contributed by atoms with Crippen molar-refractivity contribution in [3.8, 4) is 28.7 Å². The lowest BCUT2D eigenvalue weighted by atomic mass is 9.89. The highest BCUT2D eigenvalue weighted by atomic mass is 16.5. The molecule has 2 aromatic rings. The molecule has 2 aromatic carbocycles. The standard InChI is InChI=1S/C20H25NO5/c1-22-15-8-12-6-7-21-19(14(12)11-16(15)23-2)13-9-17(24-3)20(26-5)18(10-13)25-4/h8-11,19,21H,6-7H2,1-5H3/t19-/m1/s1. The normalized spacial score (nSPS) is 15.8. The molecule has 0 radical (unpaired) electrons. The van der Waals surface area contributed by atoms with Gasteiger partial charge in [-0.15, -0.1) is 0 Å². The van der Waals surface area contributed by atoms with Crippen LogP contribution in [0.2, 0.25) is 0 Å². The number of rotatable bonds is 6. The highest BCUT2D eigenvalue weighted by Gasteiger charge is 2.26. The summed E-state index contributed by atoms with van der Waals surface area (Å²) in [5.41, 5.74) is 3.43. The zero-order valence-electron chi connectivity index (χ0n) is 15.8. The van der Waals surface area contributed by atoms with Gasteiger partial charge < -0.3 is 29.0 Å². The first-order valence-electron chi connectivity index (χ1n) is 8.44. The van der Waals surface area contributed by atoms with Crippen LogP contribution in [0.1, 0.15) is 22.7 Å². The predicted octanol–water partition coefficient (Wildman–Crippen LogP) is 2.96. The smallest absolute Gasteiger partial charge is 0.203 e. The van der Waals surface area contributed by atoms with Gasteiger partial charge in [-0.1, -0.05) is 0 Å². The first kappa shape index (κ1) is 18.2. The van der Waals surface area contributed by atoms with Crippen LogP contribution in [-0.4, -0.2) is 42.1 Å². The van der Waals surface area contributed by atoms with Gasteiger partial charge >= 0.3 is 0 Å². The summed E-state index contributed by atoms with van der Waals surface area (Å²) < 4.78 is 27.4. The summed E-state index contributed by atoms with van der Waals surface area (Å²) in [6.07, 6.45) is 0.927. The summed E-state index contributed by atoms with van der Waals surface area (Å²) in [6, 6.07) is 8.04. The summed E-state index contributed by atoms with van der Waals surface area (Å²) in [5, 5.41) is 3.57. The van der Waals surface area contributed by atoms with Gasteiger partial charge in [-0.05, 0) is 47.4 Å². The van der Waals surface area contributed by atoms with Crippen LogP contribution in [0, 0.1) is 0 Å². The molecule has 6 nitrogen and oxygen atoms in total. The molecule has 1 heterocycles. The van der Waals surface area contributed by atoms with Gasteiger partial charge in [0.1, 0.15) is 0 Å². The summed E-state index contributed by atoms with van der Waals surface area (Å²) >= 11 is 0. The third-order valence-corrected chi connectivity index (χ3v) is 4.72. The van der Waals surface area contributed by atoms with E-state index in [2.05, 4.69) is 11.4 Å². The van der Waals surface area contributed by atoms with Crippen molar-refractivity contribution in [3.05, 3.63) is 41.0 Å². The number of fused-ring (bicyclic) bond motifs is 1. The highest BCUT2D eigenvalue weighted by molar-refractivity contribution is 5.57. The zero-order valence-corrected chi connectivity index (χ0v) is 15.8. The maximum atomic E-state index is 5.50. The molecular weight excluding hydrogens is 334 g/mol. The molecule has 1 aliphatic heterocycles. The fourth-order valence-corrected chi connectivity index (χ4v) is 3.45. The first-order valence-corrected chi connectivity index (χ1v) is 8.44. The van der Waals surface area contributed by atoms with Crippen molar-refractivity contribution in [2.45, 2.75) is 12.5 Å². The zero-order chi connectivity index (χ0) is 18.7. The third-order valence-electron chi connectivity index (χ3n) is 4.72. The van der Waals surface area contributed by atoms with Crippen LogP contribution < -0.4 is 29.0 Å². The summed E-state index contributed by atoms with van der Waals surface area (Å²) in [6.45, 7) is 0.865. The van der Waals surface area contributed by atoms with Gasteiger partial charge in [0, 0.05) is 6.54 Å². The van der Waals surface area contributed by atoms with Gasteiger partial charge in [-0.3, -0.25) is 0 Å². The van der Waals surface area contributed by atoms with Crippen molar-refractivity contribution < 1.29 is 23.7 Å². The molecule has 0 unspecified atom stereocenters.